The third-order valence-electron chi connectivity index (χ3n) is 3.52. The van der Waals surface area contributed by atoms with E-state index >= 15 is 0 Å². The molecule has 2 N–H and O–H groups in total. The second kappa shape index (κ2) is 5.35. The number of carbonyl (C=O) groups excluding carboxylic acids is 1. The molecule has 1 aliphatic heterocycles. The second-order valence-corrected chi connectivity index (χ2v) is 4.93. The van der Waals surface area contributed by atoms with E-state index in [0.717, 1.165) is 25.9 Å². The molecule has 0 aromatic carbocycles. The summed E-state index contributed by atoms with van der Waals surface area (Å²) in [5.41, 5.74) is 6.62. The monoisotopic (exact) mass is 248 g/mol. The molecule has 0 unspecified atom stereocenters. The Balaban J connectivity index is 2.02. The summed E-state index contributed by atoms with van der Waals surface area (Å²) < 4.78 is 0. The Bertz CT molecular complexity index is 425. The van der Waals surface area contributed by atoms with E-state index in [0.29, 0.717) is 17.4 Å². The smallest absolute Gasteiger partial charge is 0.274 e. The molecule has 18 heavy (non-hydrogen) atoms. The summed E-state index contributed by atoms with van der Waals surface area (Å²) >= 11 is 0. The van der Waals surface area contributed by atoms with Gasteiger partial charge in [-0.05, 0) is 39.1 Å². The number of nitrogens with zero attached hydrogens (tertiary/aromatic N) is 3. The fraction of sp³-hybridized carbons (Fsp3) is 0.538. The zero-order chi connectivity index (χ0) is 13.1. The van der Waals surface area contributed by atoms with Crippen LogP contribution in [0.25, 0.3) is 0 Å². The average Bonchev–Trinajstić information content (AvgIpc) is 2.38. The first-order valence-corrected chi connectivity index (χ1v) is 6.26. The summed E-state index contributed by atoms with van der Waals surface area (Å²) in [7, 11) is 4.16. The second-order valence-electron chi connectivity index (χ2n) is 4.93. The number of nitrogen functional groups attached to an aromatic ring is 1. The van der Waals surface area contributed by atoms with Crippen molar-refractivity contribution in [2.45, 2.75) is 18.9 Å². The van der Waals surface area contributed by atoms with Crippen molar-refractivity contribution in [1.82, 2.24) is 14.8 Å². The van der Waals surface area contributed by atoms with Crippen LogP contribution in [0.4, 0.5) is 5.69 Å². The van der Waals surface area contributed by atoms with Gasteiger partial charge in [-0.15, -0.1) is 0 Å². The summed E-state index contributed by atoms with van der Waals surface area (Å²) in [5, 5.41) is 0. The highest BCUT2D eigenvalue weighted by Crippen LogP contribution is 2.18. The van der Waals surface area contributed by atoms with Gasteiger partial charge in [0.2, 0.25) is 0 Å². The number of aromatic nitrogens is 1. The lowest BCUT2D eigenvalue weighted by molar-refractivity contribution is 0.0658. The Morgan fingerprint density at radius 2 is 2.11 bits per heavy atom. The van der Waals surface area contributed by atoms with Crippen molar-refractivity contribution in [3.63, 3.8) is 0 Å². The van der Waals surface area contributed by atoms with E-state index in [1.807, 2.05) is 4.90 Å². The molecule has 1 saturated heterocycles. The van der Waals surface area contributed by atoms with Crippen LogP contribution in [-0.2, 0) is 0 Å². The van der Waals surface area contributed by atoms with Gasteiger partial charge in [-0.2, -0.15) is 0 Å². The number of anilines is 1. The molecular weight excluding hydrogens is 228 g/mol. The highest BCUT2D eigenvalue weighted by atomic mass is 16.2. The van der Waals surface area contributed by atoms with Crippen LogP contribution >= 0.6 is 0 Å². The standard InChI is InChI=1S/C13H20N4O/c1-16(2)10-5-8-17(9-6-10)13(18)12-11(14)4-3-7-15-12/h3-4,7,10H,5-6,8-9,14H2,1-2H3. The van der Waals surface area contributed by atoms with Gasteiger partial charge >= 0.3 is 0 Å². The summed E-state index contributed by atoms with van der Waals surface area (Å²) in [4.78, 5) is 20.4. The van der Waals surface area contributed by atoms with Crippen molar-refractivity contribution in [3.8, 4) is 0 Å². The molecule has 5 heteroatoms. The molecule has 1 fully saturated rings. The lowest BCUT2D eigenvalue weighted by atomic mass is 10.0. The molecule has 1 aromatic rings. The van der Waals surface area contributed by atoms with Crippen molar-refractivity contribution in [3.05, 3.63) is 24.0 Å². The molecule has 0 saturated carbocycles. The molecule has 1 amide bonds. The third-order valence-corrected chi connectivity index (χ3v) is 3.52. The maximum absolute atomic E-state index is 12.3. The van der Waals surface area contributed by atoms with Crippen molar-refractivity contribution in [2.75, 3.05) is 32.9 Å². The first-order valence-electron chi connectivity index (χ1n) is 6.26. The molecule has 1 aromatic heterocycles. The average molecular weight is 248 g/mol. The maximum atomic E-state index is 12.3. The van der Waals surface area contributed by atoms with Crippen LogP contribution < -0.4 is 5.73 Å². The van der Waals surface area contributed by atoms with Gasteiger partial charge < -0.3 is 15.5 Å². The number of carbonyl (C=O) groups is 1. The normalized spacial score (nSPS) is 17.2. The fourth-order valence-electron chi connectivity index (χ4n) is 2.33. The fourth-order valence-corrected chi connectivity index (χ4v) is 2.33. The van der Waals surface area contributed by atoms with Crippen LogP contribution in [0.3, 0.4) is 0 Å². The van der Waals surface area contributed by atoms with Gasteiger partial charge in [-0.25, -0.2) is 4.98 Å². The summed E-state index contributed by atoms with van der Waals surface area (Å²) in [6.07, 6.45) is 3.62. The Kier molecular flexibility index (Phi) is 3.81. The molecule has 0 radical (unpaired) electrons. The van der Waals surface area contributed by atoms with Gasteiger partial charge in [0.25, 0.3) is 5.91 Å². The number of likely N-dealkylation sites (tertiary alicyclic amines) is 1. The van der Waals surface area contributed by atoms with Crippen LogP contribution in [0, 0.1) is 0 Å². The SMILES string of the molecule is CN(C)C1CCN(C(=O)c2ncccc2N)CC1. The number of nitrogens with two attached hydrogens (primary N) is 1. The highest BCUT2D eigenvalue weighted by Gasteiger charge is 2.26. The predicted octanol–water partition coefficient (Wildman–Crippen LogP) is 0.830. The molecule has 5 nitrogen and oxygen atoms in total. The number of piperidine rings is 1. The molecule has 2 rings (SSSR count). The van der Waals surface area contributed by atoms with Crippen LogP contribution in [-0.4, -0.2) is 53.9 Å². The molecule has 0 spiro atoms. The van der Waals surface area contributed by atoms with Crippen LogP contribution in [0.15, 0.2) is 18.3 Å². The molecule has 0 aliphatic carbocycles. The van der Waals surface area contributed by atoms with Gasteiger partial charge in [0.05, 0.1) is 5.69 Å². The van der Waals surface area contributed by atoms with Crippen LogP contribution in [0.1, 0.15) is 23.3 Å². The molecule has 0 bridgehead atoms. The topological polar surface area (TPSA) is 62.5 Å². The van der Waals surface area contributed by atoms with E-state index in [2.05, 4.69) is 24.0 Å². The van der Waals surface area contributed by atoms with E-state index in [-0.39, 0.29) is 5.91 Å². The van der Waals surface area contributed by atoms with Crippen LogP contribution in [0.5, 0.6) is 0 Å². The van der Waals surface area contributed by atoms with E-state index in [1.165, 1.54) is 0 Å². The number of amides is 1. The molecule has 1 aliphatic rings. The first kappa shape index (κ1) is 12.8. The highest BCUT2D eigenvalue weighted by molar-refractivity contribution is 5.97. The predicted molar refractivity (Wildman–Crippen MR) is 71.3 cm³/mol. The van der Waals surface area contributed by atoms with Gasteiger partial charge in [0.15, 0.2) is 5.69 Å². The quantitative estimate of drug-likeness (QED) is 0.842. The summed E-state index contributed by atoms with van der Waals surface area (Å²) in [6, 6.07) is 4.02. The van der Waals surface area contributed by atoms with Crippen molar-refractivity contribution < 1.29 is 4.79 Å². The summed E-state index contributed by atoms with van der Waals surface area (Å²) in [6.45, 7) is 1.55. The lowest BCUT2D eigenvalue weighted by Crippen LogP contribution is -2.44. The van der Waals surface area contributed by atoms with Crippen molar-refractivity contribution >= 4 is 11.6 Å². The Hall–Kier alpha value is -1.62. The minimum Gasteiger partial charge on any atom is -0.397 e. The largest absolute Gasteiger partial charge is 0.397 e. The minimum atomic E-state index is -0.0506. The molecular formula is C13H20N4O. The summed E-state index contributed by atoms with van der Waals surface area (Å²) in [5.74, 6) is -0.0506. The minimum absolute atomic E-state index is 0.0506. The van der Waals surface area contributed by atoms with Gasteiger partial charge in [0, 0.05) is 25.3 Å². The number of hydrogen-bond donors (Lipinski definition) is 1. The Morgan fingerprint density at radius 3 is 2.67 bits per heavy atom. The van der Waals surface area contributed by atoms with Crippen LogP contribution in [0.2, 0.25) is 0 Å². The Labute approximate surface area is 108 Å². The third kappa shape index (κ3) is 2.61. The van der Waals surface area contributed by atoms with E-state index in [9.17, 15) is 4.79 Å². The van der Waals surface area contributed by atoms with Crippen molar-refractivity contribution in [2.24, 2.45) is 0 Å². The zero-order valence-corrected chi connectivity index (χ0v) is 11.0. The number of pyridine rings is 1. The van der Waals surface area contributed by atoms with Gasteiger partial charge in [-0.3, -0.25) is 4.79 Å². The van der Waals surface area contributed by atoms with E-state index in [1.54, 1.807) is 18.3 Å². The van der Waals surface area contributed by atoms with E-state index < -0.39 is 0 Å². The van der Waals surface area contributed by atoms with E-state index in [4.69, 9.17) is 5.73 Å². The maximum Gasteiger partial charge on any atom is 0.274 e. The van der Waals surface area contributed by atoms with Crippen molar-refractivity contribution in [1.29, 1.82) is 0 Å². The van der Waals surface area contributed by atoms with Gasteiger partial charge in [-0.1, -0.05) is 0 Å². The lowest BCUT2D eigenvalue weighted by Gasteiger charge is -2.35. The van der Waals surface area contributed by atoms with Gasteiger partial charge in [0.1, 0.15) is 0 Å². The zero-order valence-electron chi connectivity index (χ0n) is 11.0. The molecule has 98 valence electrons. The number of rotatable bonds is 2. The molecule has 0 atom stereocenters. The number of hydrogen-bond acceptors (Lipinski definition) is 4. The Morgan fingerprint density at radius 1 is 1.44 bits per heavy atom. The first-order chi connectivity index (χ1) is 8.59. The molecule has 2 heterocycles.